The third-order valence-electron chi connectivity index (χ3n) is 5.73. The summed E-state index contributed by atoms with van der Waals surface area (Å²) in [6, 6.07) is 24.3. The van der Waals surface area contributed by atoms with E-state index in [4.69, 9.17) is 0 Å². The van der Waals surface area contributed by atoms with Gasteiger partial charge < -0.3 is 15.5 Å². The highest BCUT2D eigenvalue weighted by molar-refractivity contribution is 5.97. The van der Waals surface area contributed by atoms with Crippen LogP contribution in [-0.2, 0) is 11.0 Å². The molecule has 0 saturated heterocycles. The van der Waals surface area contributed by atoms with Crippen LogP contribution in [0.15, 0.2) is 91.0 Å². The van der Waals surface area contributed by atoms with Gasteiger partial charge in [-0.1, -0.05) is 74.5 Å². The molecule has 2 N–H and O–H groups in total. The van der Waals surface area contributed by atoms with Crippen LogP contribution >= 0.6 is 0 Å². The quantitative estimate of drug-likeness (QED) is 0.264. The van der Waals surface area contributed by atoms with Crippen molar-refractivity contribution in [3.63, 3.8) is 0 Å². The van der Waals surface area contributed by atoms with Crippen molar-refractivity contribution in [1.29, 1.82) is 0 Å². The lowest BCUT2D eigenvalue weighted by Gasteiger charge is -2.25. The molecule has 7 nitrogen and oxygen atoms in total. The van der Waals surface area contributed by atoms with Gasteiger partial charge in [-0.15, -0.1) is 0 Å². The highest BCUT2D eigenvalue weighted by Crippen LogP contribution is 2.34. The Bertz CT molecular complexity index is 1420. The minimum atomic E-state index is -4.64. The summed E-state index contributed by atoms with van der Waals surface area (Å²) in [5, 5.41) is 9.80. The first-order chi connectivity index (χ1) is 18.6. The molecule has 0 spiro atoms. The number of benzene rings is 3. The highest BCUT2D eigenvalue weighted by atomic mass is 19.4. The molecule has 3 aromatic carbocycles. The number of halogens is 3. The van der Waals surface area contributed by atoms with Crippen LogP contribution in [0, 0.1) is 5.92 Å². The van der Waals surface area contributed by atoms with Crippen LogP contribution in [0.3, 0.4) is 0 Å². The molecule has 4 aromatic rings. The molecule has 1 aromatic heterocycles. The number of rotatable bonds is 8. The van der Waals surface area contributed by atoms with Crippen molar-refractivity contribution in [2.45, 2.75) is 20.0 Å². The van der Waals surface area contributed by atoms with Crippen molar-refractivity contribution in [2.75, 3.05) is 23.7 Å². The van der Waals surface area contributed by atoms with Crippen molar-refractivity contribution in [1.82, 2.24) is 14.7 Å². The van der Waals surface area contributed by atoms with Crippen LogP contribution in [0.5, 0.6) is 0 Å². The third-order valence-corrected chi connectivity index (χ3v) is 5.73. The Morgan fingerprint density at radius 2 is 1.51 bits per heavy atom. The van der Waals surface area contributed by atoms with E-state index in [0.29, 0.717) is 11.5 Å². The van der Waals surface area contributed by atoms with Gasteiger partial charge in [-0.05, 0) is 30.2 Å². The molecule has 0 saturated carbocycles. The number of anilines is 2. The Morgan fingerprint density at radius 3 is 2.15 bits per heavy atom. The molecule has 0 aliphatic carbocycles. The van der Waals surface area contributed by atoms with Crippen LogP contribution in [0.2, 0.25) is 0 Å². The van der Waals surface area contributed by atoms with Crippen LogP contribution in [0.4, 0.5) is 29.5 Å². The summed E-state index contributed by atoms with van der Waals surface area (Å²) < 4.78 is 41.9. The summed E-state index contributed by atoms with van der Waals surface area (Å²) >= 11 is 0. The number of urea groups is 1. The van der Waals surface area contributed by atoms with E-state index in [9.17, 15) is 22.8 Å². The summed E-state index contributed by atoms with van der Waals surface area (Å²) in [6.07, 6.45) is -4.64. The largest absolute Gasteiger partial charge is 0.418 e. The number of nitrogens with one attached hydrogen (secondary N) is 2. The molecule has 0 fully saturated rings. The molecule has 0 atom stereocenters. The predicted octanol–water partition coefficient (Wildman–Crippen LogP) is 6.69. The summed E-state index contributed by atoms with van der Waals surface area (Å²) in [5.74, 6) is -0.176. The molecule has 0 bridgehead atoms. The van der Waals surface area contributed by atoms with Gasteiger partial charge in [0.2, 0.25) is 5.91 Å². The molecular formula is C29H28F3N5O2. The number of alkyl halides is 3. The number of hydrogen-bond donors (Lipinski definition) is 2. The van der Waals surface area contributed by atoms with Gasteiger partial charge in [-0.2, -0.15) is 18.3 Å². The van der Waals surface area contributed by atoms with E-state index < -0.39 is 23.7 Å². The van der Waals surface area contributed by atoms with Gasteiger partial charge in [0.25, 0.3) is 0 Å². The van der Waals surface area contributed by atoms with E-state index in [1.165, 1.54) is 23.1 Å². The lowest BCUT2D eigenvalue weighted by atomic mass is 10.1. The molecule has 0 aliphatic rings. The van der Waals surface area contributed by atoms with Crippen molar-refractivity contribution >= 4 is 23.4 Å². The normalized spacial score (nSPS) is 11.3. The van der Waals surface area contributed by atoms with Gasteiger partial charge in [0.15, 0.2) is 0 Å². The smallest absolute Gasteiger partial charge is 0.315 e. The van der Waals surface area contributed by atoms with Crippen LogP contribution in [0.25, 0.3) is 16.9 Å². The zero-order valence-electron chi connectivity index (χ0n) is 21.4. The Balaban J connectivity index is 1.56. The summed E-state index contributed by atoms with van der Waals surface area (Å²) in [6.45, 7) is 3.47. The van der Waals surface area contributed by atoms with Crippen molar-refractivity contribution in [2.24, 2.45) is 5.92 Å². The molecule has 0 radical (unpaired) electrons. The molecule has 1 heterocycles. The third kappa shape index (κ3) is 7.04. The summed E-state index contributed by atoms with van der Waals surface area (Å²) in [7, 11) is 0. The lowest BCUT2D eigenvalue weighted by molar-refractivity contribution is -0.137. The Morgan fingerprint density at radius 1 is 0.897 bits per heavy atom. The first-order valence-corrected chi connectivity index (χ1v) is 12.3. The van der Waals surface area contributed by atoms with Crippen molar-refractivity contribution in [3.05, 3.63) is 96.6 Å². The molecule has 0 aliphatic heterocycles. The first kappa shape index (κ1) is 27.4. The Labute approximate surface area is 224 Å². The van der Waals surface area contributed by atoms with Gasteiger partial charge in [-0.25, -0.2) is 9.48 Å². The highest BCUT2D eigenvalue weighted by Gasteiger charge is 2.34. The Kier molecular flexibility index (Phi) is 8.33. The number of carbonyl (C=O) groups is 2. The van der Waals surface area contributed by atoms with Crippen LogP contribution < -0.4 is 10.6 Å². The van der Waals surface area contributed by atoms with Crippen molar-refractivity contribution in [3.8, 4) is 16.9 Å². The number of aromatic nitrogens is 2. The van der Waals surface area contributed by atoms with Crippen LogP contribution in [0.1, 0.15) is 19.4 Å². The van der Waals surface area contributed by atoms with E-state index in [0.717, 1.165) is 17.3 Å². The minimum absolute atomic E-state index is 0.0408. The van der Waals surface area contributed by atoms with E-state index >= 15 is 0 Å². The standard InChI is InChI=1S/C29H28F3N5O2/c1-20(2)18-36(28(39)33-24-16-10-9-15-23(24)29(30,31)32)19-27(38)34-26-17-25(21-11-5-3-6-12-21)35-37(26)22-13-7-4-8-14-22/h3-17,20H,18-19H2,1-2H3,(H,33,39)(H,34,38). The molecule has 202 valence electrons. The van der Waals surface area contributed by atoms with E-state index in [2.05, 4.69) is 15.7 Å². The summed E-state index contributed by atoms with van der Waals surface area (Å²) in [5.41, 5.74) is 0.865. The average Bonchev–Trinajstić information content (AvgIpc) is 3.32. The molecule has 3 amide bonds. The molecular weight excluding hydrogens is 507 g/mol. The van der Waals surface area contributed by atoms with E-state index in [1.807, 2.05) is 74.5 Å². The van der Waals surface area contributed by atoms with Gasteiger partial charge in [0, 0.05) is 18.2 Å². The SMILES string of the molecule is CC(C)CN(CC(=O)Nc1cc(-c2ccccc2)nn1-c1ccccc1)C(=O)Nc1ccccc1C(F)(F)F. The molecule has 4 rings (SSSR count). The van der Waals surface area contributed by atoms with Crippen molar-refractivity contribution < 1.29 is 22.8 Å². The van der Waals surface area contributed by atoms with Gasteiger partial charge in [0.1, 0.15) is 12.4 Å². The average molecular weight is 536 g/mol. The molecule has 0 unspecified atom stereocenters. The second kappa shape index (κ2) is 11.8. The zero-order valence-corrected chi connectivity index (χ0v) is 21.4. The Hall–Kier alpha value is -4.60. The maximum Gasteiger partial charge on any atom is 0.418 e. The fraction of sp³-hybridized carbons (Fsp3) is 0.207. The van der Waals surface area contributed by atoms with E-state index in [-0.39, 0.29) is 24.7 Å². The van der Waals surface area contributed by atoms with Gasteiger partial charge in [-0.3, -0.25) is 4.79 Å². The zero-order chi connectivity index (χ0) is 28.0. The van der Waals surface area contributed by atoms with E-state index in [1.54, 1.807) is 10.7 Å². The second-order valence-corrected chi connectivity index (χ2v) is 9.32. The monoisotopic (exact) mass is 535 g/mol. The lowest BCUT2D eigenvalue weighted by Crippen LogP contribution is -2.43. The van der Waals surface area contributed by atoms with Crippen LogP contribution in [-0.4, -0.2) is 39.7 Å². The number of para-hydroxylation sites is 2. The van der Waals surface area contributed by atoms with Gasteiger partial charge >= 0.3 is 12.2 Å². The fourth-order valence-electron chi connectivity index (χ4n) is 4.04. The minimum Gasteiger partial charge on any atom is -0.315 e. The maximum atomic E-state index is 13.4. The number of amides is 3. The topological polar surface area (TPSA) is 79.3 Å². The number of hydrogen-bond acceptors (Lipinski definition) is 3. The number of carbonyl (C=O) groups excluding carboxylic acids is 2. The molecule has 10 heteroatoms. The first-order valence-electron chi connectivity index (χ1n) is 12.3. The second-order valence-electron chi connectivity index (χ2n) is 9.32. The fourth-order valence-corrected chi connectivity index (χ4v) is 4.04. The van der Waals surface area contributed by atoms with Gasteiger partial charge in [0.05, 0.1) is 22.6 Å². The maximum absolute atomic E-state index is 13.4. The molecule has 39 heavy (non-hydrogen) atoms. The summed E-state index contributed by atoms with van der Waals surface area (Å²) in [4.78, 5) is 27.4. The predicted molar refractivity (Wildman–Crippen MR) is 145 cm³/mol. The number of nitrogens with zero attached hydrogens (tertiary/aromatic N) is 3.